The van der Waals surface area contributed by atoms with Gasteiger partial charge in [0.05, 0.1) is 6.54 Å². The van der Waals surface area contributed by atoms with Gasteiger partial charge in [-0.2, -0.15) is 0 Å². The number of hydrogen-bond donors (Lipinski definition) is 3. The second-order valence-corrected chi connectivity index (χ2v) is 6.32. The van der Waals surface area contributed by atoms with Gasteiger partial charge in [0.15, 0.2) is 0 Å². The molecular formula is C14H17N3O3S. The second kappa shape index (κ2) is 5.85. The molecule has 7 heteroatoms. The SMILES string of the molecule is O=C(CNc1ccc(O)cc1)NC1C(=O)N2CCCS[C@@H]12. The van der Waals surface area contributed by atoms with Crippen LogP contribution in [-0.2, 0) is 9.59 Å². The number of rotatable bonds is 4. The quantitative estimate of drug-likeness (QED) is 0.560. The van der Waals surface area contributed by atoms with Crippen LogP contribution < -0.4 is 10.6 Å². The zero-order valence-electron chi connectivity index (χ0n) is 11.4. The predicted molar refractivity (Wildman–Crippen MR) is 81.1 cm³/mol. The van der Waals surface area contributed by atoms with Gasteiger partial charge in [-0.3, -0.25) is 9.59 Å². The van der Waals surface area contributed by atoms with Gasteiger partial charge in [-0.1, -0.05) is 0 Å². The number of aromatic hydroxyl groups is 1. The van der Waals surface area contributed by atoms with E-state index in [1.165, 1.54) is 0 Å². The monoisotopic (exact) mass is 307 g/mol. The highest BCUT2D eigenvalue weighted by molar-refractivity contribution is 8.00. The minimum Gasteiger partial charge on any atom is -0.508 e. The van der Waals surface area contributed by atoms with E-state index in [-0.39, 0.29) is 35.5 Å². The van der Waals surface area contributed by atoms with E-state index in [1.807, 2.05) is 4.90 Å². The van der Waals surface area contributed by atoms with Gasteiger partial charge in [0.1, 0.15) is 17.2 Å². The minimum atomic E-state index is -0.385. The number of nitrogens with zero attached hydrogens (tertiary/aromatic N) is 1. The summed E-state index contributed by atoms with van der Waals surface area (Å²) in [6.07, 6.45) is 1.02. The normalized spacial score (nSPS) is 24.0. The average Bonchev–Trinajstić information content (AvgIpc) is 2.51. The van der Waals surface area contributed by atoms with Crippen LogP contribution in [0.3, 0.4) is 0 Å². The number of benzene rings is 1. The van der Waals surface area contributed by atoms with Crippen molar-refractivity contribution in [3.05, 3.63) is 24.3 Å². The highest BCUT2D eigenvalue weighted by atomic mass is 32.2. The summed E-state index contributed by atoms with van der Waals surface area (Å²) in [5.74, 6) is 1.03. The molecular weight excluding hydrogens is 290 g/mol. The number of β-lactam (4-membered cyclic amide) rings is 1. The van der Waals surface area contributed by atoms with Gasteiger partial charge in [-0.15, -0.1) is 11.8 Å². The van der Waals surface area contributed by atoms with Gasteiger partial charge < -0.3 is 20.6 Å². The molecule has 0 aromatic heterocycles. The van der Waals surface area contributed by atoms with Crippen molar-refractivity contribution in [3.8, 4) is 5.75 Å². The minimum absolute atomic E-state index is 0.0187. The van der Waals surface area contributed by atoms with Gasteiger partial charge >= 0.3 is 0 Å². The number of hydrogen-bond acceptors (Lipinski definition) is 5. The average molecular weight is 307 g/mol. The molecule has 2 saturated heterocycles. The standard InChI is InChI=1S/C14H17N3O3S/c18-10-4-2-9(3-5-10)15-8-11(19)16-12-13(20)17-6-1-7-21-14(12)17/h2-5,12,14-15,18H,1,6-8H2,(H,16,19)/t12?,14-/m0/s1. The second-order valence-electron chi connectivity index (χ2n) is 5.09. The molecule has 3 rings (SSSR count). The third-order valence-electron chi connectivity index (χ3n) is 3.61. The van der Waals surface area contributed by atoms with E-state index >= 15 is 0 Å². The van der Waals surface area contributed by atoms with E-state index in [9.17, 15) is 14.7 Å². The molecule has 1 aromatic carbocycles. The largest absolute Gasteiger partial charge is 0.508 e. The van der Waals surface area contributed by atoms with E-state index in [0.717, 1.165) is 24.4 Å². The summed E-state index contributed by atoms with van der Waals surface area (Å²) in [4.78, 5) is 25.6. The number of thioether (sulfide) groups is 1. The van der Waals surface area contributed by atoms with E-state index in [1.54, 1.807) is 36.0 Å². The van der Waals surface area contributed by atoms with Crippen molar-refractivity contribution in [3.63, 3.8) is 0 Å². The van der Waals surface area contributed by atoms with Crippen molar-refractivity contribution in [1.29, 1.82) is 0 Å². The first-order valence-electron chi connectivity index (χ1n) is 6.89. The van der Waals surface area contributed by atoms with Crippen LogP contribution in [0, 0.1) is 0 Å². The van der Waals surface area contributed by atoms with Crippen LogP contribution in [-0.4, -0.2) is 52.1 Å². The van der Waals surface area contributed by atoms with Crippen molar-refractivity contribution < 1.29 is 14.7 Å². The summed E-state index contributed by atoms with van der Waals surface area (Å²) < 4.78 is 0. The van der Waals surface area contributed by atoms with E-state index in [2.05, 4.69) is 10.6 Å². The summed E-state index contributed by atoms with van der Waals surface area (Å²) in [5.41, 5.74) is 0.747. The summed E-state index contributed by atoms with van der Waals surface area (Å²) in [6, 6.07) is 6.09. The lowest BCUT2D eigenvalue weighted by Crippen LogP contribution is -2.70. The summed E-state index contributed by atoms with van der Waals surface area (Å²) in [7, 11) is 0. The number of nitrogens with one attached hydrogen (secondary N) is 2. The molecule has 0 radical (unpaired) electrons. The number of fused-ring (bicyclic) bond motifs is 1. The fraction of sp³-hybridized carbons (Fsp3) is 0.429. The molecule has 2 aliphatic rings. The lowest BCUT2D eigenvalue weighted by Gasteiger charge is -2.49. The summed E-state index contributed by atoms with van der Waals surface area (Å²) in [5, 5.41) is 15.0. The summed E-state index contributed by atoms with van der Waals surface area (Å²) in [6.45, 7) is 0.903. The lowest BCUT2D eigenvalue weighted by atomic mass is 10.1. The van der Waals surface area contributed by atoms with Crippen molar-refractivity contribution in [2.75, 3.05) is 24.2 Å². The number of phenols is 1. The Balaban J connectivity index is 1.48. The molecule has 0 saturated carbocycles. The van der Waals surface area contributed by atoms with E-state index < -0.39 is 0 Å². The van der Waals surface area contributed by atoms with Gasteiger partial charge in [0.2, 0.25) is 11.8 Å². The molecule has 2 fully saturated rings. The number of phenolic OH excluding ortho intramolecular Hbond substituents is 1. The van der Waals surface area contributed by atoms with Crippen LogP contribution in [0.15, 0.2) is 24.3 Å². The van der Waals surface area contributed by atoms with Crippen LogP contribution >= 0.6 is 11.8 Å². The zero-order chi connectivity index (χ0) is 14.8. The Labute approximate surface area is 126 Å². The van der Waals surface area contributed by atoms with Gasteiger partial charge in [-0.05, 0) is 36.4 Å². The molecule has 1 aromatic rings. The van der Waals surface area contributed by atoms with Crippen LogP contribution in [0.1, 0.15) is 6.42 Å². The molecule has 0 bridgehead atoms. The number of amides is 2. The number of carbonyl (C=O) groups excluding carboxylic acids is 2. The molecule has 0 aliphatic carbocycles. The molecule has 2 aliphatic heterocycles. The fourth-order valence-electron chi connectivity index (χ4n) is 2.51. The maximum atomic E-state index is 11.9. The predicted octanol–water partition coefficient (Wildman–Crippen LogP) is 0.594. The number of carbonyl (C=O) groups is 2. The first kappa shape index (κ1) is 14.1. The van der Waals surface area contributed by atoms with Crippen LogP contribution in [0.4, 0.5) is 5.69 Å². The first-order valence-corrected chi connectivity index (χ1v) is 7.94. The molecule has 112 valence electrons. The maximum Gasteiger partial charge on any atom is 0.249 e. The molecule has 1 unspecified atom stereocenters. The maximum absolute atomic E-state index is 11.9. The van der Waals surface area contributed by atoms with Crippen LogP contribution in [0.5, 0.6) is 5.75 Å². The molecule has 2 atom stereocenters. The van der Waals surface area contributed by atoms with Crippen molar-refractivity contribution >= 4 is 29.3 Å². The van der Waals surface area contributed by atoms with Gasteiger partial charge in [0, 0.05) is 12.2 Å². The number of anilines is 1. The molecule has 2 heterocycles. The Bertz CT molecular complexity index is 549. The van der Waals surface area contributed by atoms with Gasteiger partial charge in [0.25, 0.3) is 0 Å². The highest BCUT2D eigenvalue weighted by Crippen LogP contribution is 2.34. The van der Waals surface area contributed by atoms with Gasteiger partial charge in [-0.25, -0.2) is 0 Å². The van der Waals surface area contributed by atoms with Crippen molar-refractivity contribution in [2.24, 2.45) is 0 Å². The van der Waals surface area contributed by atoms with Crippen LogP contribution in [0.25, 0.3) is 0 Å². The molecule has 2 amide bonds. The lowest BCUT2D eigenvalue weighted by molar-refractivity contribution is -0.148. The highest BCUT2D eigenvalue weighted by Gasteiger charge is 2.49. The van der Waals surface area contributed by atoms with Crippen molar-refractivity contribution in [2.45, 2.75) is 17.8 Å². The van der Waals surface area contributed by atoms with E-state index in [4.69, 9.17) is 0 Å². The smallest absolute Gasteiger partial charge is 0.249 e. The fourth-order valence-corrected chi connectivity index (χ4v) is 3.81. The molecule has 0 spiro atoms. The Morgan fingerprint density at radius 2 is 2.14 bits per heavy atom. The molecule has 21 heavy (non-hydrogen) atoms. The third-order valence-corrected chi connectivity index (χ3v) is 5.00. The zero-order valence-corrected chi connectivity index (χ0v) is 12.2. The summed E-state index contributed by atoms with van der Waals surface area (Å²) >= 11 is 1.73. The Morgan fingerprint density at radius 3 is 2.90 bits per heavy atom. The topological polar surface area (TPSA) is 81.7 Å². The van der Waals surface area contributed by atoms with Crippen molar-refractivity contribution in [1.82, 2.24) is 10.2 Å². The molecule has 3 N–H and O–H groups in total. The Kier molecular flexibility index (Phi) is 3.92. The van der Waals surface area contributed by atoms with Crippen LogP contribution in [0.2, 0.25) is 0 Å². The first-order chi connectivity index (χ1) is 10.1. The Hall–Kier alpha value is -1.89. The van der Waals surface area contributed by atoms with E-state index in [0.29, 0.717) is 0 Å². The third kappa shape index (κ3) is 2.92. The molecule has 6 nitrogen and oxygen atoms in total. The Morgan fingerprint density at radius 1 is 1.38 bits per heavy atom.